The third-order valence-corrected chi connectivity index (χ3v) is 14.0. The number of ether oxygens (including phenoxy) is 18. The lowest BCUT2D eigenvalue weighted by Crippen LogP contribution is -2.68. The van der Waals surface area contributed by atoms with Gasteiger partial charge in [-0.15, -0.1) is 0 Å². The molecule has 0 aliphatic carbocycles. The Bertz CT molecular complexity index is 1690. The van der Waals surface area contributed by atoms with Gasteiger partial charge in [0.05, 0.1) is 150 Å². The van der Waals surface area contributed by atoms with Gasteiger partial charge in [-0.25, -0.2) is 0 Å². The van der Waals surface area contributed by atoms with Crippen LogP contribution in [-0.4, -0.2) is 357 Å². The Hall–Kier alpha value is -1.28. The Labute approximate surface area is 481 Å². The van der Waals surface area contributed by atoms with Gasteiger partial charge in [-0.3, -0.25) is 0 Å². The second-order valence-electron chi connectivity index (χ2n) is 20.8. The molecule has 0 aromatic rings. The van der Waals surface area contributed by atoms with E-state index >= 15 is 0 Å². The fourth-order valence-corrected chi connectivity index (χ4v) is 10.1. The van der Waals surface area contributed by atoms with Gasteiger partial charge in [0.1, 0.15) is 104 Å². The second-order valence-corrected chi connectivity index (χ2v) is 20.8. The maximum absolute atomic E-state index is 12.3. The molecule has 5 saturated heterocycles. The third kappa shape index (κ3) is 20.4. The molecule has 0 spiro atoms. The van der Waals surface area contributed by atoms with Crippen LogP contribution < -0.4 is 0 Å². The van der Waals surface area contributed by atoms with Gasteiger partial charge in [0.25, 0.3) is 0 Å². The van der Waals surface area contributed by atoms with Crippen LogP contribution in [0, 0.1) is 5.92 Å². The Morgan fingerprint density at radius 1 is 0.313 bits per heavy atom. The predicted molar refractivity (Wildman–Crippen MR) is 273 cm³/mol. The molecule has 5 rings (SSSR count). The first-order valence-electron chi connectivity index (χ1n) is 28.2. The lowest BCUT2D eigenvalue weighted by atomic mass is 9.90. The van der Waals surface area contributed by atoms with Crippen LogP contribution in [0.3, 0.4) is 0 Å². The van der Waals surface area contributed by atoms with Gasteiger partial charge in [-0.2, -0.15) is 0 Å². The number of aliphatic hydroxyl groups excluding tert-OH is 14. The van der Waals surface area contributed by atoms with Crippen molar-refractivity contribution in [3.05, 3.63) is 0 Å². The standard InChI is InChI=1S/C51H94O32/c1-25(2)74-48-44(70-17-10-56)36(63)39(30(79-48)22-67-14-7-53)73-24-32-41(34(61)35(62)47(78-32)81-42-31(23-68-15-8-54)80-49(75-26(3)4)45(38(42)65)71-18-11-57)83-51-46(72-19-12-58)37(64)40(28(20-59)76-51)82-50-43(69-16-9-55)33(60)27(5)29(77-50)21-66-13-6-52/h25-65H,6-24H2,1-5H3. The molecule has 5 heterocycles. The van der Waals surface area contributed by atoms with Crippen LogP contribution in [0.15, 0.2) is 0 Å². The lowest BCUT2D eigenvalue weighted by molar-refractivity contribution is -0.394. The van der Waals surface area contributed by atoms with Crippen LogP contribution in [0.1, 0.15) is 34.6 Å². The normalized spacial score (nSPS) is 39.9. The summed E-state index contributed by atoms with van der Waals surface area (Å²) in [4.78, 5) is 0. The average Bonchev–Trinajstić information content (AvgIpc) is 3.64. The molecule has 0 radical (unpaired) electrons. The molecular formula is C51H94O32. The van der Waals surface area contributed by atoms with Crippen molar-refractivity contribution in [2.45, 2.75) is 194 Å². The van der Waals surface area contributed by atoms with E-state index < -0.39 is 218 Å². The predicted octanol–water partition coefficient (Wildman–Crippen LogP) is -7.67. The molecule has 83 heavy (non-hydrogen) atoms. The van der Waals surface area contributed by atoms with Crippen LogP contribution >= 0.6 is 0 Å². The molecule has 32 heteroatoms. The Morgan fingerprint density at radius 2 is 0.639 bits per heavy atom. The zero-order valence-corrected chi connectivity index (χ0v) is 47.6. The molecule has 14 N–H and O–H groups in total. The van der Waals surface area contributed by atoms with E-state index in [-0.39, 0.29) is 72.7 Å². The van der Waals surface area contributed by atoms with Gasteiger partial charge in [0, 0.05) is 5.92 Å². The summed E-state index contributed by atoms with van der Waals surface area (Å²) in [5, 5.41) is 150. The Balaban J connectivity index is 1.53. The highest BCUT2D eigenvalue weighted by molar-refractivity contribution is 5.00. The first-order valence-corrected chi connectivity index (χ1v) is 28.2. The van der Waals surface area contributed by atoms with Crippen molar-refractivity contribution >= 4 is 0 Å². The van der Waals surface area contributed by atoms with E-state index in [4.69, 9.17) is 85.3 Å². The van der Waals surface area contributed by atoms with Crippen molar-refractivity contribution in [3.8, 4) is 0 Å². The van der Waals surface area contributed by atoms with E-state index in [1.54, 1.807) is 34.6 Å². The third-order valence-electron chi connectivity index (χ3n) is 14.0. The zero-order chi connectivity index (χ0) is 60.8. The van der Waals surface area contributed by atoms with Crippen LogP contribution in [0.25, 0.3) is 0 Å². The summed E-state index contributed by atoms with van der Waals surface area (Å²) in [5.41, 5.74) is 0. The molecule has 25 atom stereocenters. The molecule has 5 aliphatic heterocycles. The molecule has 5 fully saturated rings. The minimum atomic E-state index is -2.12. The molecule has 5 aliphatic rings. The number of rotatable bonds is 38. The summed E-state index contributed by atoms with van der Waals surface area (Å²) < 4.78 is 109. The Kier molecular flexibility index (Phi) is 32.9. The molecule has 0 amide bonds. The maximum atomic E-state index is 12.3. The highest BCUT2D eigenvalue weighted by Crippen LogP contribution is 2.38. The molecule has 0 aromatic heterocycles. The second kappa shape index (κ2) is 37.7. The van der Waals surface area contributed by atoms with E-state index in [0.717, 1.165) is 0 Å². The van der Waals surface area contributed by atoms with Crippen molar-refractivity contribution in [1.29, 1.82) is 0 Å². The first kappa shape index (κ1) is 72.5. The van der Waals surface area contributed by atoms with E-state index in [2.05, 4.69) is 0 Å². The molecular weight excluding hydrogens is 1120 g/mol. The highest BCUT2D eigenvalue weighted by Gasteiger charge is 2.57. The molecule has 25 unspecified atom stereocenters. The van der Waals surface area contributed by atoms with E-state index in [9.17, 15) is 71.5 Å². The van der Waals surface area contributed by atoms with E-state index in [1.165, 1.54) is 0 Å². The summed E-state index contributed by atoms with van der Waals surface area (Å²) in [6.07, 6.45) is -38.1. The Morgan fingerprint density at radius 3 is 1.07 bits per heavy atom. The van der Waals surface area contributed by atoms with Gasteiger partial charge in [-0.05, 0) is 27.7 Å². The minimum Gasteiger partial charge on any atom is -0.394 e. The average molecular weight is 1220 g/mol. The first-order chi connectivity index (χ1) is 39.9. The summed E-state index contributed by atoms with van der Waals surface area (Å²) >= 11 is 0. The van der Waals surface area contributed by atoms with Gasteiger partial charge < -0.3 is 157 Å². The highest BCUT2D eigenvalue weighted by atomic mass is 16.8. The molecule has 490 valence electrons. The van der Waals surface area contributed by atoms with Crippen LogP contribution in [0.5, 0.6) is 0 Å². The van der Waals surface area contributed by atoms with Crippen molar-refractivity contribution in [2.24, 2.45) is 5.92 Å². The fourth-order valence-electron chi connectivity index (χ4n) is 10.1. The van der Waals surface area contributed by atoms with Gasteiger partial charge >= 0.3 is 0 Å². The molecule has 0 aromatic carbocycles. The van der Waals surface area contributed by atoms with Gasteiger partial charge in [0.2, 0.25) is 0 Å². The lowest BCUT2D eigenvalue weighted by Gasteiger charge is -2.50. The maximum Gasteiger partial charge on any atom is 0.187 e. The van der Waals surface area contributed by atoms with Gasteiger partial charge in [-0.1, -0.05) is 6.92 Å². The van der Waals surface area contributed by atoms with E-state index in [1.807, 2.05) is 0 Å². The number of hydrogen-bond acceptors (Lipinski definition) is 32. The van der Waals surface area contributed by atoms with E-state index in [0.29, 0.717) is 0 Å². The number of aliphatic hydroxyl groups is 14. The van der Waals surface area contributed by atoms with Crippen LogP contribution in [-0.2, 0) is 85.3 Å². The van der Waals surface area contributed by atoms with Gasteiger partial charge in [0.15, 0.2) is 31.5 Å². The smallest absolute Gasteiger partial charge is 0.187 e. The number of hydrogen-bond donors (Lipinski definition) is 14. The fraction of sp³-hybridized carbons (Fsp3) is 1.00. The van der Waals surface area contributed by atoms with Crippen molar-refractivity contribution in [3.63, 3.8) is 0 Å². The van der Waals surface area contributed by atoms with Crippen LogP contribution in [0.2, 0.25) is 0 Å². The van der Waals surface area contributed by atoms with Crippen molar-refractivity contribution in [1.82, 2.24) is 0 Å². The topological polar surface area (TPSA) is 449 Å². The van der Waals surface area contributed by atoms with Crippen molar-refractivity contribution in [2.75, 3.05) is 126 Å². The van der Waals surface area contributed by atoms with Crippen molar-refractivity contribution < 1.29 is 157 Å². The summed E-state index contributed by atoms with van der Waals surface area (Å²) in [5.74, 6) is -0.651. The monoisotopic (exact) mass is 1220 g/mol. The van der Waals surface area contributed by atoms with Crippen LogP contribution in [0.4, 0.5) is 0 Å². The summed E-state index contributed by atoms with van der Waals surface area (Å²) in [6, 6.07) is 0. The minimum absolute atomic E-state index is 0.0610. The summed E-state index contributed by atoms with van der Waals surface area (Å²) in [7, 11) is 0. The SMILES string of the molecule is CC(C)OC1OC(COCCO)C(OCC2OC(OC3C(COCCO)OC(OC(C)C)C(OCCO)C3O)C(O)C(O)C2OC2OC(CO)C(OC3OC(COCCO)C(C)C(O)C3OCCO)C(O)C2OCCO)C(O)C1OCCO. The molecule has 32 nitrogen and oxygen atoms in total. The molecule has 0 saturated carbocycles. The zero-order valence-electron chi connectivity index (χ0n) is 47.6. The molecule has 0 bridgehead atoms. The largest absolute Gasteiger partial charge is 0.394 e. The summed E-state index contributed by atoms with van der Waals surface area (Å²) in [6.45, 7) is 1.29. The quantitative estimate of drug-likeness (QED) is 0.0255.